The Morgan fingerprint density at radius 2 is 1.92 bits per heavy atom. The van der Waals surface area contributed by atoms with E-state index in [-0.39, 0.29) is 29.0 Å². The molecule has 0 aliphatic carbocycles. The van der Waals surface area contributed by atoms with Crippen LogP contribution in [0, 0.1) is 11.8 Å². The van der Waals surface area contributed by atoms with E-state index in [1.807, 2.05) is 20.8 Å². The molecule has 0 saturated heterocycles. The number of halogens is 1. The van der Waals surface area contributed by atoms with Crippen LogP contribution in [0.4, 0.5) is 5.69 Å². The molecule has 1 aromatic rings. The van der Waals surface area contributed by atoms with Gasteiger partial charge in [-0.15, -0.1) is 0 Å². The Morgan fingerprint density at radius 1 is 1.24 bits per heavy atom. The van der Waals surface area contributed by atoms with Crippen LogP contribution in [0.5, 0.6) is 0 Å². The highest BCUT2D eigenvalue weighted by Crippen LogP contribution is 2.21. The fourth-order valence-electron chi connectivity index (χ4n) is 2.33. The van der Waals surface area contributed by atoms with Gasteiger partial charge in [-0.05, 0) is 30.5 Å². The lowest BCUT2D eigenvalue weighted by Crippen LogP contribution is -2.33. The van der Waals surface area contributed by atoms with Gasteiger partial charge in [0.25, 0.3) is 5.91 Å². The van der Waals surface area contributed by atoms with Crippen LogP contribution < -0.4 is 10.6 Å². The molecule has 6 nitrogen and oxygen atoms in total. The number of carboxylic acids is 1. The molecule has 0 heterocycles. The van der Waals surface area contributed by atoms with Gasteiger partial charge in [0.15, 0.2) is 0 Å². The highest BCUT2D eigenvalue weighted by atomic mass is 35.5. The highest BCUT2D eigenvalue weighted by Gasteiger charge is 2.19. The van der Waals surface area contributed by atoms with Gasteiger partial charge in [0.05, 0.1) is 16.5 Å². The summed E-state index contributed by atoms with van der Waals surface area (Å²) < 4.78 is 0. The summed E-state index contributed by atoms with van der Waals surface area (Å²) in [5.74, 6) is -1.96. The van der Waals surface area contributed by atoms with Crippen molar-refractivity contribution in [3.63, 3.8) is 0 Å². The number of carbonyl (C=O) groups excluding carboxylic acids is 2. The third-order valence-corrected chi connectivity index (χ3v) is 3.91. The van der Waals surface area contributed by atoms with Gasteiger partial charge in [0.1, 0.15) is 0 Å². The first kappa shape index (κ1) is 21.0. The lowest BCUT2D eigenvalue weighted by atomic mass is 10.0. The van der Waals surface area contributed by atoms with E-state index in [4.69, 9.17) is 16.7 Å². The number of benzene rings is 1. The fourth-order valence-corrected chi connectivity index (χ4v) is 2.54. The average molecular weight is 369 g/mol. The Morgan fingerprint density at radius 3 is 2.48 bits per heavy atom. The lowest BCUT2D eigenvalue weighted by molar-refractivity contribution is -0.141. The maximum absolute atomic E-state index is 12.3. The summed E-state index contributed by atoms with van der Waals surface area (Å²) in [6.45, 7) is 5.80. The van der Waals surface area contributed by atoms with Crippen LogP contribution in [0.15, 0.2) is 18.2 Å². The standard InChI is InChI=1S/C18H25ClN2O4/c1-4-5-12(18(24)25)10-20-17(23)14-9-13(6-7-15(14)19)21-16(22)8-11(2)3/h6-7,9,11-12H,4-5,8,10H2,1-3H3,(H,20,23)(H,21,22)(H,24,25). The van der Waals surface area contributed by atoms with E-state index in [0.29, 0.717) is 24.9 Å². The normalized spacial score (nSPS) is 11.9. The number of anilines is 1. The fraction of sp³-hybridized carbons (Fsp3) is 0.500. The second kappa shape index (κ2) is 10.0. The van der Waals surface area contributed by atoms with Crippen LogP contribution in [-0.4, -0.2) is 29.4 Å². The third kappa shape index (κ3) is 7.13. The Balaban J connectivity index is 2.79. The molecular weight excluding hydrogens is 344 g/mol. The summed E-state index contributed by atoms with van der Waals surface area (Å²) in [7, 11) is 0. The zero-order valence-corrected chi connectivity index (χ0v) is 15.5. The molecule has 0 radical (unpaired) electrons. The molecule has 1 aromatic carbocycles. The molecular formula is C18H25ClN2O4. The number of carbonyl (C=O) groups is 3. The molecule has 0 aliphatic rings. The summed E-state index contributed by atoms with van der Waals surface area (Å²) in [5.41, 5.74) is 0.674. The quantitative estimate of drug-likeness (QED) is 0.621. The zero-order valence-electron chi connectivity index (χ0n) is 14.8. The number of hydrogen-bond acceptors (Lipinski definition) is 3. The van der Waals surface area contributed by atoms with Crippen LogP contribution in [0.2, 0.25) is 5.02 Å². The van der Waals surface area contributed by atoms with Crippen LogP contribution >= 0.6 is 11.6 Å². The number of rotatable bonds is 9. The number of aliphatic carboxylic acids is 1. The summed E-state index contributed by atoms with van der Waals surface area (Å²) in [5, 5.41) is 14.7. The molecule has 0 spiro atoms. The highest BCUT2D eigenvalue weighted by molar-refractivity contribution is 6.34. The van der Waals surface area contributed by atoms with Crippen molar-refractivity contribution >= 4 is 35.1 Å². The SMILES string of the molecule is CCCC(CNC(=O)c1cc(NC(=O)CC(C)C)ccc1Cl)C(=O)O. The second-order valence-electron chi connectivity index (χ2n) is 6.37. The molecule has 0 fully saturated rings. The Bertz CT molecular complexity index is 632. The van der Waals surface area contributed by atoms with Crippen molar-refractivity contribution in [2.24, 2.45) is 11.8 Å². The molecule has 1 unspecified atom stereocenters. The number of hydrogen-bond donors (Lipinski definition) is 3. The topological polar surface area (TPSA) is 95.5 Å². The summed E-state index contributed by atoms with van der Waals surface area (Å²) in [6.07, 6.45) is 1.57. The first-order valence-electron chi connectivity index (χ1n) is 8.35. The van der Waals surface area contributed by atoms with Crippen molar-refractivity contribution in [3.8, 4) is 0 Å². The average Bonchev–Trinajstić information content (AvgIpc) is 2.51. The second-order valence-corrected chi connectivity index (χ2v) is 6.78. The summed E-state index contributed by atoms with van der Waals surface area (Å²) in [4.78, 5) is 35.3. The molecule has 0 saturated carbocycles. The minimum atomic E-state index is -0.942. The van der Waals surface area contributed by atoms with Crippen molar-refractivity contribution in [1.29, 1.82) is 0 Å². The molecule has 1 atom stereocenters. The van der Waals surface area contributed by atoms with E-state index in [1.165, 1.54) is 12.1 Å². The molecule has 0 aromatic heterocycles. The molecule has 25 heavy (non-hydrogen) atoms. The first-order chi connectivity index (χ1) is 11.7. The monoisotopic (exact) mass is 368 g/mol. The van der Waals surface area contributed by atoms with Crippen molar-refractivity contribution in [2.45, 2.75) is 40.0 Å². The smallest absolute Gasteiger partial charge is 0.308 e. The Kier molecular flexibility index (Phi) is 8.41. The van der Waals surface area contributed by atoms with Crippen molar-refractivity contribution in [3.05, 3.63) is 28.8 Å². The maximum atomic E-state index is 12.3. The number of nitrogens with one attached hydrogen (secondary N) is 2. The number of carboxylic acid groups (broad SMARTS) is 1. The van der Waals surface area contributed by atoms with E-state index < -0.39 is 17.8 Å². The maximum Gasteiger partial charge on any atom is 0.308 e. The largest absolute Gasteiger partial charge is 0.481 e. The third-order valence-electron chi connectivity index (χ3n) is 3.58. The van der Waals surface area contributed by atoms with Crippen LogP contribution in [-0.2, 0) is 9.59 Å². The molecule has 138 valence electrons. The van der Waals surface area contributed by atoms with Crippen molar-refractivity contribution in [2.75, 3.05) is 11.9 Å². The molecule has 7 heteroatoms. The number of amides is 2. The van der Waals surface area contributed by atoms with Crippen LogP contribution in [0.25, 0.3) is 0 Å². The van der Waals surface area contributed by atoms with E-state index >= 15 is 0 Å². The van der Waals surface area contributed by atoms with Gasteiger partial charge in [0, 0.05) is 18.7 Å². The predicted octanol–water partition coefficient (Wildman–Crippen LogP) is 3.56. The van der Waals surface area contributed by atoms with Crippen molar-refractivity contribution in [1.82, 2.24) is 5.32 Å². The van der Waals surface area contributed by atoms with Gasteiger partial charge < -0.3 is 15.7 Å². The first-order valence-corrected chi connectivity index (χ1v) is 8.72. The molecule has 0 bridgehead atoms. The van der Waals surface area contributed by atoms with E-state index in [2.05, 4.69) is 10.6 Å². The predicted molar refractivity (Wildman–Crippen MR) is 97.9 cm³/mol. The Labute approximate surface area is 152 Å². The van der Waals surface area contributed by atoms with Gasteiger partial charge >= 0.3 is 5.97 Å². The van der Waals surface area contributed by atoms with Gasteiger partial charge in [-0.25, -0.2) is 0 Å². The molecule has 3 N–H and O–H groups in total. The molecule has 2 amide bonds. The minimum Gasteiger partial charge on any atom is -0.481 e. The molecule has 0 aliphatic heterocycles. The van der Waals surface area contributed by atoms with Crippen LogP contribution in [0.1, 0.15) is 50.4 Å². The van der Waals surface area contributed by atoms with Crippen LogP contribution in [0.3, 0.4) is 0 Å². The van der Waals surface area contributed by atoms with Gasteiger partial charge in [0.2, 0.25) is 5.91 Å². The van der Waals surface area contributed by atoms with Gasteiger partial charge in [-0.2, -0.15) is 0 Å². The van der Waals surface area contributed by atoms with E-state index in [1.54, 1.807) is 6.07 Å². The van der Waals surface area contributed by atoms with Gasteiger partial charge in [-0.1, -0.05) is 38.8 Å². The van der Waals surface area contributed by atoms with E-state index in [0.717, 1.165) is 0 Å². The van der Waals surface area contributed by atoms with Gasteiger partial charge in [-0.3, -0.25) is 14.4 Å². The van der Waals surface area contributed by atoms with E-state index in [9.17, 15) is 14.4 Å². The lowest BCUT2D eigenvalue weighted by Gasteiger charge is -2.14. The molecule has 1 rings (SSSR count). The van der Waals surface area contributed by atoms with Crippen molar-refractivity contribution < 1.29 is 19.5 Å². The minimum absolute atomic E-state index is 0.0300. The Hall–Kier alpha value is -2.08. The summed E-state index contributed by atoms with van der Waals surface area (Å²) >= 11 is 6.06. The summed E-state index contributed by atoms with van der Waals surface area (Å²) in [6, 6.07) is 4.64. The zero-order chi connectivity index (χ0) is 19.0.